The molecule has 0 unspecified atom stereocenters. The first-order chi connectivity index (χ1) is 8.63. The van der Waals surface area contributed by atoms with Crippen LogP contribution in [0.2, 0.25) is 0 Å². The molecule has 6 heteroatoms. The SMILES string of the molecule is Cc1nc2ncc(I)cc2n1Cc1ccn(C)n1. The van der Waals surface area contributed by atoms with E-state index in [-0.39, 0.29) is 0 Å². The van der Waals surface area contributed by atoms with Crippen LogP contribution in [0.4, 0.5) is 0 Å². The molecule has 0 radical (unpaired) electrons. The summed E-state index contributed by atoms with van der Waals surface area (Å²) in [4.78, 5) is 8.82. The largest absolute Gasteiger partial charge is 0.321 e. The number of hydrogen-bond acceptors (Lipinski definition) is 3. The standard InChI is InChI=1S/C12H12IN5/c1-8-15-12-11(5-9(13)6-14-12)18(8)7-10-3-4-17(2)16-10/h3-6H,7H2,1-2H3. The average molecular weight is 353 g/mol. The van der Waals surface area contributed by atoms with Gasteiger partial charge in [0.25, 0.3) is 0 Å². The van der Waals surface area contributed by atoms with Gasteiger partial charge in [0, 0.05) is 23.0 Å². The zero-order chi connectivity index (χ0) is 12.7. The fraction of sp³-hybridized carbons (Fsp3) is 0.250. The second-order valence-electron chi connectivity index (χ2n) is 4.22. The third kappa shape index (κ3) is 2.00. The number of halogens is 1. The molecule has 0 saturated carbocycles. The Labute approximate surface area is 118 Å². The van der Waals surface area contributed by atoms with Crippen molar-refractivity contribution in [2.75, 3.05) is 0 Å². The molecule has 0 aliphatic heterocycles. The van der Waals surface area contributed by atoms with Crippen LogP contribution in [0.3, 0.4) is 0 Å². The van der Waals surface area contributed by atoms with Gasteiger partial charge in [0.1, 0.15) is 5.82 Å². The highest BCUT2D eigenvalue weighted by Gasteiger charge is 2.10. The fourth-order valence-corrected chi connectivity index (χ4v) is 2.44. The lowest BCUT2D eigenvalue weighted by atomic mass is 10.4. The van der Waals surface area contributed by atoms with E-state index < -0.39 is 0 Å². The van der Waals surface area contributed by atoms with Crippen LogP contribution in [0, 0.1) is 10.5 Å². The molecular weight excluding hydrogens is 341 g/mol. The summed E-state index contributed by atoms with van der Waals surface area (Å²) in [6, 6.07) is 4.12. The molecule has 0 aromatic carbocycles. The van der Waals surface area contributed by atoms with E-state index in [2.05, 4.69) is 48.3 Å². The average Bonchev–Trinajstić information content (AvgIpc) is 2.86. The van der Waals surface area contributed by atoms with Gasteiger partial charge in [-0.25, -0.2) is 9.97 Å². The first-order valence-electron chi connectivity index (χ1n) is 5.60. The number of hydrogen-bond donors (Lipinski definition) is 0. The van der Waals surface area contributed by atoms with Crippen LogP contribution < -0.4 is 0 Å². The smallest absolute Gasteiger partial charge is 0.177 e. The number of nitrogens with zero attached hydrogens (tertiary/aromatic N) is 5. The molecule has 0 aliphatic carbocycles. The van der Waals surface area contributed by atoms with Crippen molar-refractivity contribution in [2.45, 2.75) is 13.5 Å². The molecule has 3 heterocycles. The van der Waals surface area contributed by atoms with E-state index in [1.807, 2.05) is 37.1 Å². The Kier molecular flexibility index (Phi) is 2.81. The Hall–Kier alpha value is -1.44. The summed E-state index contributed by atoms with van der Waals surface area (Å²) in [5, 5.41) is 4.40. The Morgan fingerprint density at radius 3 is 2.94 bits per heavy atom. The molecule has 0 spiro atoms. The van der Waals surface area contributed by atoms with Crippen molar-refractivity contribution in [1.29, 1.82) is 0 Å². The van der Waals surface area contributed by atoms with E-state index >= 15 is 0 Å². The van der Waals surface area contributed by atoms with Crippen LogP contribution in [0.1, 0.15) is 11.5 Å². The number of pyridine rings is 1. The van der Waals surface area contributed by atoms with Crippen molar-refractivity contribution in [3.05, 3.63) is 39.6 Å². The molecule has 0 saturated heterocycles. The summed E-state index contributed by atoms with van der Waals surface area (Å²) in [5.41, 5.74) is 2.88. The number of rotatable bonds is 2. The van der Waals surface area contributed by atoms with Gasteiger partial charge in [-0.3, -0.25) is 4.68 Å². The molecule has 5 nitrogen and oxygen atoms in total. The summed E-state index contributed by atoms with van der Waals surface area (Å²) >= 11 is 2.27. The van der Waals surface area contributed by atoms with Crippen molar-refractivity contribution in [2.24, 2.45) is 7.05 Å². The normalized spacial score (nSPS) is 11.3. The van der Waals surface area contributed by atoms with Crippen LogP contribution in [0.5, 0.6) is 0 Å². The molecule has 0 fully saturated rings. The fourth-order valence-electron chi connectivity index (χ4n) is 2.00. The molecule has 3 rings (SSSR count). The minimum atomic E-state index is 0.727. The van der Waals surface area contributed by atoms with E-state index in [0.29, 0.717) is 0 Å². The lowest BCUT2D eigenvalue weighted by molar-refractivity contribution is 0.704. The van der Waals surface area contributed by atoms with Crippen molar-refractivity contribution in [1.82, 2.24) is 24.3 Å². The zero-order valence-corrected chi connectivity index (χ0v) is 12.3. The van der Waals surface area contributed by atoms with Gasteiger partial charge in [-0.05, 0) is 41.6 Å². The molecule has 0 bridgehead atoms. The molecule has 18 heavy (non-hydrogen) atoms. The third-order valence-corrected chi connectivity index (χ3v) is 3.44. The Bertz CT molecular complexity index is 712. The number of aromatic nitrogens is 5. The monoisotopic (exact) mass is 353 g/mol. The van der Waals surface area contributed by atoms with Gasteiger partial charge in [-0.2, -0.15) is 5.10 Å². The first-order valence-corrected chi connectivity index (χ1v) is 6.68. The van der Waals surface area contributed by atoms with Gasteiger partial charge in [0.2, 0.25) is 0 Å². The maximum atomic E-state index is 4.47. The lowest BCUT2D eigenvalue weighted by Crippen LogP contribution is -2.03. The minimum Gasteiger partial charge on any atom is -0.321 e. The van der Waals surface area contributed by atoms with Gasteiger partial charge in [0.15, 0.2) is 5.65 Å². The van der Waals surface area contributed by atoms with Crippen LogP contribution in [0.15, 0.2) is 24.5 Å². The molecule has 0 amide bonds. The minimum absolute atomic E-state index is 0.727. The number of fused-ring (bicyclic) bond motifs is 1. The van der Waals surface area contributed by atoms with Gasteiger partial charge in [-0.15, -0.1) is 0 Å². The molecule has 0 aliphatic rings. The summed E-state index contributed by atoms with van der Waals surface area (Å²) in [5.74, 6) is 0.963. The molecule has 0 N–H and O–H groups in total. The van der Waals surface area contributed by atoms with E-state index in [9.17, 15) is 0 Å². The van der Waals surface area contributed by atoms with Crippen molar-refractivity contribution >= 4 is 33.8 Å². The Morgan fingerprint density at radius 1 is 1.39 bits per heavy atom. The third-order valence-electron chi connectivity index (χ3n) is 2.85. The predicted molar refractivity (Wildman–Crippen MR) is 77.3 cm³/mol. The maximum absolute atomic E-state index is 4.47. The highest BCUT2D eigenvalue weighted by molar-refractivity contribution is 14.1. The van der Waals surface area contributed by atoms with E-state index in [1.165, 1.54) is 0 Å². The van der Waals surface area contributed by atoms with Crippen LogP contribution >= 0.6 is 22.6 Å². The Balaban J connectivity index is 2.10. The molecular formula is C12H12IN5. The van der Waals surface area contributed by atoms with Gasteiger partial charge < -0.3 is 4.57 Å². The van der Waals surface area contributed by atoms with E-state index in [4.69, 9.17) is 0 Å². The molecule has 3 aromatic heterocycles. The summed E-state index contributed by atoms with van der Waals surface area (Å²) in [6.45, 7) is 2.72. The van der Waals surface area contributed by atoms with E-state index in [0.717, 1.165) is 32.8 Å². The van der Waals surface area contributed by atoms with Crippen LogP contribution in [-0.2, 0) is 13.6 Å². The van der Waals surface area contributed by atoms with Gasteiger partial charge >= 0.3 is 0 Å². The summed E-state index contributed by atoms with van der Waals surface area (Å²) in [7, 11) is 1.92. The van der Waals surface area contributed by atoms with Gasteiger partial charge in [0.05, 0.1) is 17.8 Å². The first kappa shape index (κ1) is 11.6. The van der Waals surface area contributed by atoms with Crippen LogP contribution in [-0.4, -0.2) is 24.3 Å². The quantitative estimate of drug-likeness (QED) is 0.664. The second kappa shape index (κ2) is 4.34. The zero-order valence-electron chi connectivity index (χ0n) is 10.1. The van der Waals surface area contributed by atoms with Crippen molar-refractivity contribution in [3.8, 4) is 0 Å². The van der Waals surface area contributed by atoms with Crippen molar-refractivity contribution in [3.63, 3.8) is 0 Å². The highest BCUT2D eigenvalue weighted by Crippen LogP contribution is 2.17. The molecule has 0 atom stereocenters. The van der Waals surface area contributed by atoms with Gasteiger partial charge in [-0.1, -0.05) is 0 Å². The predicted octanol–water partition coefficient (Wildman–Crippen LogP) is 2.13. The van der Waals surface area contributed by atoms with E-state index in [1.54, 1.807) is 0 Å². The summed E-state index contributed by atoms with van der Waals surface area (Å²) in [6.07, 6.45) is 3.78. The Morgan fingerprint density at radius 2 is 2.22 bits per heavy atom. The molecule has 3 aromatic rings. The highest BCUT2D eigenvalue weighted by atomic mass is 127. The number of aryl methyl sites for hydroxylation is 2. The number of imidazole rings is 1. The maximum Gasteiger partial charge on any atom is 0.177 e. The topological polar surface area (TPSA) is 48.5 Å². The van der Waals surface area contributed by atoms with Crippen LogP contribution in [0.25, 0.3) is 11.2 Å². The lowest BCUT2D eigenvalue weighted by Gasteiger charge is -2.04. The molecule has 92 valence electrons. The van der Waals surface area contributed by atoms with Crippen molar-refractivity contribution < 1.29 is 0 Å². The summed E-state index contributed by atoms with van der Waals surface area (Å²) < 4.78 is 5.07. The second-order valence-corrected chi connectivity index (χ2v) is 5.47.